The van der Waals surface area contributed by atoms with Gasteiger partial charge in [0.15, 0.2) is 0 Å². The minimum atomic E-state index is -4.35. The molecule has 2 atom stereocenters. The van der Waals surface area contributed by atoms with Gasteiger partial charge in [-0.05, 0) is 36.5 Å². The Morgan fingerprint density at radius 2 is 2.12 bits per heavy atom. The molecule has 94 valence electrons. The molecule has 0 bridgehead atoms. The smallest absolute Gasteiger partial charge is 0.385 e. The van der Waals surface area contributed by atoms with Crippen molar-refractivity contribution in [3.05, 3.63) is 35.4 Å². The third-order valence-corrected chi connectivity index (χ3v) is 3.40. The second-order valence-electron chi connectivity index (χ2n) is 4.69. The predicted molar refractivity (Wildman–Crippen MR) is 58.4 cm³/mol. The van der Waals surface area contributed by atoms with Crippen LogP contribution in [0.4, 0.5) is 13.2 Å². The highest BCUT2D eigenvalue weighted by molar-refractivity contribution is 5.34. The van der Waals surface area contributed by atoms with E-state index in [2.05, 4.69) is 0 Å². The third-order valence-electron chi connectivity index (χ3n) is 3.40. The Morgan fingerprint density at radius 3 is 2.71 bits per heavy atom. The van der Waals surface area contributed by atoms with Gasteiger partial charge in [-0.1, -0.05) is 25.5 Å². The first-order valence-corrected chi connectivity index (χ1v) is 5.78. The van der Waals surface area contributed by atoms with Crippen LogP contribution in [0.2, 0.25) is 0 Å². The molecule has 0 amide bonds. The largest absolute Gasteiger partial charge is 0.416 e. The van der Waals surface area contributed by atoms with Crippen molar-refractivity contribution in [2.75, 3.05) is 0 Å². The summed E-state index contributed by atoms with van der Waals surface area (Å²) in [6.07, 6.45) is -1.98. The first-order valence-electron chi connectivity index (χ1n) is 5.78. The maximum Gasteiger partial charge on any atom is 0.416 e. The minimum absolute atomic E-state index is 0.107. The fourth-order valence-electron chi connectivity index (χ4n) is 2.32. The SMILES string of the molecule is CCCC1CC1(O)c1cccc(C(F)(F)F)c1. The molecule has 1 aromatic carbocycles. The fraction of sp³-hybridized carbons (Fsp3) is 0.538. The number of benzene rings is 1. The Hall–Kier alpha value is -1.03. The molecule has 2 rings (SSSR count). The summed E-state index contributed by atoms with van der Waals surface area (Å²) in [5.41, 5.74) is -1.33. The second-order valence-corrected chi connectivity index (χ2v) is 4.69. The first kappa shape index (κ1) is 12.4. The number of hydrogen-bond acceptors (Lipinski definition) is 1. The molecule has 0 heterocycles. The van der Waals surface area contributed by atoms with Gasteiger partial charge in [0.1, 0.15) is 0 Å². The zero-order valence-electron chi connectivity index (χ0n) is 9.59. The van der Waals surface area contributed by atoms with Gasteiger partial charge in [-0.2, -0.15) is 13.2 Å². The fourth-order valence-corrected chi connectivity index (χ4v) is 2.32. The van der Waals surface area contributed by atoms with Crippen LogP contribution in [-0.4, -0.2) is 5.11 Å². The number of rotatable bonds is 3. The van der Waals surface area contributed by atoms with Crippen LogP contribution in [0.15, 0.2) is 24.3 Å². The van der Waals surface area contributed by atoms with E-state index in [1.165, 1.54) is 6.07 Å². The van der Waals surface area contributed by atoms with E-state index in [1.54, 1.807) is 6.07 Å². The Bertz CT molecular complexity index is 413. The maximum atomic E-state index is 12.5. The van der Waals surface area contributed by atoms with E-state index in [0.29, 0.717) is 12.0 Å². The van der Waals surface area contributed by atoms with Gasteiger partial charge < -0.3 is 5.11 Å². The average Bonchev–Trinajstić information content (AvgIpc) is 2.91. The summed E-state index contributed by atoms with van der Waals surface area (Å²) >= 11 is 0. The van der Waals surface area contributed by atoms with Crippen LogP contribution in [0.3, 0.4) is 0 Å². The normalized spacial score (nSPS) is 28.2. The van der Waals surface area contributed by atoms with E-state index in [-0.39, 0.29) is 5.92 Å². The van der Waals surface area contributed by atoms with Crippen molar-refractivity contribution in [1.29, 1.82) is 0 Å². The Labute approximate surface area is 98.3 Å². The van der Waals surface area contributed by atoms with Crippen LogP contribution in [0.1, 0.15) is 37.3 Å². The molecule has 2 unspecified atom stereocenters. The van der Waals surface area contributed by atoms with E-state index in [1.807, 2.05) is 6.92 Å². The lowest BCUT2D eigenvalue weighted by molar-refractivity contribution is -0.137. The molecule has 0 spiro atoms. The molecule has 1 saturated carbocycles. The highest BCUT2D eigenvalue weighted by Crippen LogP contribution is 2.54. The molecular weight excluding hydrogens is 229 g/mol. The lowest BCUT2D eigenvalue weighted by Gasteiger charge is -2.13. The van der Waals surface area contributed by atoms with Crippen LogP contribution < -0.4 is 0 Å². The lowest BCUT2D eigenvalue weighted by atomic mass is 10.0. The summed E-state index contributed by atoms with van der Waals surface area (Å²) in [5.74, 6) is 0.107. The zero-order valence-corrected chi connectivity index (χ0v) is 9.59. The summed E-state index contributed by atoms with van der Waals surface area (Å²) in [5, 5.41) is 10.2. The van der Waals surface area contributed by atoms with Gasteiger partial charge in [-0.3, -0.25) is 0 Å². The van der Waals surface area contributed by atoms with E-state index in [4.69, 9.17) is 0 Å². The van der Waals surface area contributed by atoms with Crippen LogP contribution in [0, 0.1) is 5.92 Å². The number of alkyl halides is 3. The lowest BCUT2D eigenvalue weighted by Crippen LogP contribution is -2.12. The molecule has 0 aromatic heterocycles. The van der Waals surface area contributed by atoms with Crippen molar-refractivity contribution in [3.63, 3.8) is 0 Å². The van der Waals surface area contributed by atoms with Gasteiger partial charge in [0, 0.05) is 0 Å². The highest BCUT2D eigenvalue weighted by atomic mass is 19.4. The monoisotopic (exact) mass is 244 g/mol. The topological polar surface area (TPSA) is 20.2 Å². The van der Waals surface area contributed by atoms with Crippen molar-refractivity contribution in [2.45, 2.75) is 38.0 Å². The molecule has 1 aromatic rings. The van der Waals surface area contributed by atoms with Crippen LogP contribution in [-0.2, 0) is 11.8 Å². The Balaban J connectivity index is 2.24. The summed E-state index contributed by atoms with van der Waals surface area (Å²) in [6.45, 7) is 2.00. The highest BCUT2D eigenvalue weighted by Gasteiger charge is 2.53. The van der Waals surface area contributed by atoms with E-state index in [9.17, 15) is 18.3 Å². The molecule has 1 aliphatic rings. The van der Waals surface area contributed by atoms with Crippen LogP contribution in [0.5, 0.6) is 0 Å². The number of aliphatic hydroxyl groups is 1. The Kier molecular flexibility index (Phi) is 2.94. The van der Waals surface area contributed by atoms with Gasteiger partial charge in [0.2, 0.25) is 0 Å². The van der Waals surface area contributed by atoms with Crippen molar-refractivity contribution >= 4 is 0 Å². The van der Waals surface area contributed by atoms with Gasteiger partial charge in [0.05, 0.1) is 11.2 Å². The summed E-state index contributed by atoms with van der Waals surface area (Å²) < 4.78 is 37.6. The van der Waals surface area contributed by atoms with Gasteiger partial charge >= 0.3 is 6.18 Å². The summed E-state index contributed by atoms with van der Waals surface area (Å²) in [7, 11) is 0. The molecule has 1 nitrogen and oxygen atoms in total. The first-order chi connectivity index (χ1) is 7.88. The van der Waals surface area contributed by atoms with E-state index >= 15 is 0 Å². The van der Waals surface area contributed by atoms with Crippen molar-refractivity contribution in [1.82, 2.24) is 0 Å². The second kappa shape index (κ2) is 4.02. The molecular formula is C13H15F3O. The molecule has 1 fully saturated rings. The predicted octanol–water partition coefficient (Wildman–Crippen LogP) is 3.71. The van der Waals surface area contributed by atoms with Crippen molar-refractivity contribution < 1.29 is 18.3 Å². The maximum absolute atomic E-state index is 12.5. The minimum Gasteiger partial charge on any atom is -0.385 e. The molecule has 1 N–H and O–H groups in total. The van der Waals surface area contributed by atoms with Crippen molar-refractivity contribution in [3.8, 4) is 0 Å². The average molecular weight is 244 g/mol. The number of halogens is 3. The molecule has 4 heteroatoms. The summed E-state index contributed by atoms with van der Waals surface area (Å²) in [4.78, 5) is 0. The third kappa shape index (κ3) is 2.32. The molecule has 17 heavy (non-hydrogen) atoms. The van der Waals surface area contributed by atoms with Crippen LogP contribution >= 0.6 is 0 Å². The molecule has 0 aliphatic heterocycles. The quantitative estimate of drug-likeness (QED) is 0.859. The van der Waals surface area contributed by atoms with E-state index in [0.717, 1.165) is 25.0 Å². The summed E-state index contributed by atoms with van der Waals surface area (Å²) in [6, 6.07) is 5.03. The molecule has 0 saturated heterocycles. The van der Waals surface area contributed by atoms with Gasteiger partial charge in [-0.25, -0.2) is 0 Å². The van der Waals surface area contributed by atoms with Gasteiger partial charge in [-0.15, -0.1) is 0 Å². The zero-order chi connectivity index (χ0) is 12.7. The molecule has 1 aliphatic carbocycles. The van der Waals surface area contributed by atoms with Gasteiger partial charge in [0.25, 0.3) is 0 Å². The van der Waals surface area contributed by atoms with Crippen molar-refractivity contribution in [2.24, 2.45) is 5.92 Å². The van der Waals surface area contributed by atoms with E-state index < -0.39 is 17.3 Å². The standard InChI is InChI=1S/C13H15F3O/c1-2-4-11-8-12(11,17)9-5-3-6-10(7-9)13(14,15)16/h3,5-7,11,17H,2,4,8H2,1H3. The Morgan fingerprint density at radius 1 is 1.41 bits per heavy atom. The number of hydrogen-bond donors (Lipinski definition) is 1. The molecule has 0 radical (unpaired) electrons. The van der Waals surface area contributed by atoms with Crippen LogP contribution in [0.25, 0.3) is 0 Å².